The number of fused-ring (bicyclic) bond motifs is 1. The maximum absolute atomic E-state index is 12.4. The summed E-state index contributed by atoms with van der Waals surface area (Å²) in [6.45, 7) is 3.63. The molecule has 2 saturated heterocycles. The minimum atomic E-state index is -0.285. The number of likely N-dealkylation sites (N-methyl/N-ethyl adjacent to an activating group) is 1. The first-order valence-corrected chi connectivity index (χ1v) is 6.11. The molecule has 2 N–H and O–H groups in total. The average molecular weight is 240 g/mol. The quantitative estimate of drug-likeness (QED) is 0.643. The standard InChI is InChI=1S/C11H20N4O2/c1-8(16)10-4-3-5-14-7-13-6-9(12-2)11(17)15(10)14/h9-10,12-13H,3-7H2,1-2H3/t9-,10-/m0/s1. The van der Waals surface area contributed by atoms with Crippen molar-refractivity contribution in [2.75, 3.05) is 26.8 Å². The van der Waals surface area contributed by atoms with Gasteiger partial charge >= 0.3 is 0 Å². The van der Waals surface area contributed by atoms with Crippen molar-refractivity contribution < 1.29 is 9.59 Å². The lowest BCUT2D eigenvalue weighted by atomic mass is 10.0. The van der Waals surface area contributed by atoms with Crippen LogP contribution in [0.1, 0.15) is 19.8 Å². The van der Waals surface area contributed by atoms with Crippen molar-refractivity contribution in [3.8, 4) is 0 Å². The highest BCUT2D eigenvalue weighted by Gasteiger charge is 2.39. The van der Waals surface area contributed by atoms with Crippen LogP contribution in [0, 0.1) is 0 Å². The molecule has 0 radical (unpaired) electrons. The third-order valence-corrected chi connectivity index (χ3v) is 3.48. The first kappa shape index (κ1) is 12.5. The molecule has 2 fully saturated rings. The Morgan fingerprint density at radius 2 is 2.29 bits per heavy atom. The number of hydrogen-bond donors (Lipinski definition) is 2. The van der Waals surface area contributed by atoms with Crippen LogP contribution in [0.15, 0.2) is 0 Å². The van der Waals surface area contributed by atoms with E-state index in [1.807, 2.05) is 5.01 Å². The van der Waals surface area contributed by atoms with E-state index in [2.05, 4.69) is 10.6 Å². The van der Waals surface area contributed by atoms with Gasteiger partial charge in [0.25, 0.3) is 5.91 Å². The molecule has 2 atom stereocenters. The molecule has 2 aliphatic rings. The molecule has 2 rings (SSSR count). The van der Waals surface area contributed by atoms with Crippen molar-refractivity contribution in [3.05, 3.63) is 0 Å². The second-order valence-electron chi connectivity index (χ2n) is 4.64. The monoisotopic (exact) mass is 240 g/mol. The van der Waals surface area contributed by atoms with Gasteiger partial charge in [-0.2, -0.15) is 0 Å². The molecule has 0 spiro atoms. The van der Waals surface area contributed by atoms with Crippen LogP contribution in [0.25, 0.3) is 0 Å². The van der Waals surface area contributed by atoms with Crippen molar-refractivity contribution in [3.63, 3.8) is 0 Å². The van der Waals surface area contributed by atoms with Crippen LogP contribution in [0.4, 0.5) is 0 Å². The number of ketones is 1. The molecule has 0 bridgehead atoms. The summed E-state index contributed by atoms with van der Waals surface area (Å²) >= 11 is 0. The topological polar surface area (TPSA) is 64.7 Å². The van der Waals surface area contributed by atoms with Crippen LogP contribution >= 0.6 is 0 Å². The van der Waals surface area contributed by atoms with E-state index in [1.54, 1.807) is 19.0 Å². The van der Waals surface area contributed by atoms with E-state index < -0.39 is 0 Å². The third kappa shape index (κ3) is 2.34. The summed E-state index contributed by atoms with van der Waals surface area (Å²) in [4.78, 5) is 24.0. The number of Topliss-reactive ketones (excluding diaryl/α,β-unsaturated/α-hetero) is 1. The van der Waals surface area contributed by atoms with Crippen LogP contribution in [-0.4, -0.2) is 60.6 Å². The number of amides is 1. The van der Waals surface area contributed by atoms with E-state index in [0.29, 0.717) is 13.2 Å². The maximum atomic E-state index is 12.4. The second kappa shape index (κ2) is 5.12. The van der Waals surface area contributed by atoms with Gasteiger partial charge in [0.1, 0.15) is 12.1 Å². The number of rotatable bonds is 2. The van der Waals surface area contributed by atoms with E-state index in [0.717, 1.165) is 19.4 Å². The number of carbonyl (C=O) groups is 2. The van der Waals surface area contributed by atoms with Gasteiger partial charge in [-0.15, -0.1) is 0 Å². The predicted molar refractivity (Wildman–Crippen MR) is 63.0 cm³/mol. The zero-order valence-electron chi connectivity index (χ0n) is 10.4. The molecule has 0 aromatic heterocycles. The van der Waals surface area contributed by atoms with Crippen molar-refractivity contribution in [2.24, 2.45) is 0 Å². The highest BCUT2D eigenvalue weighted by atomic mass is 16.2. The van der Waals surface area contributed by atoms with E-state index in [1.165, 1.54) is 0 Å². The fraction of sp³-hybridized carbons (Fsp3) is 0.818. The fourth-order valence-electron chi connectivity index (χ4n) is 2.53. The minimum Gasteiger partial charge on any atom is -0.308 e. The molecule has 6 nitrogen and oxygen atoms in total. The molecule has 96 valence electrons. The highest BCUT2D eigenvalue weighted by Crippen LogP contribution is 2.20. The lowest BCUT2D eigenvalue weighted by Gasteiger charge is -2.42. The molecule has 6 heteroatoms. The van der Waals surface area contributed by atoms with E-state index in [-0.39, 0.29) is 23.8 Å². The van der Waals surface area contributed by atoms with Crippen LogP contribution in [0.5, 0.6) is 0 Å². The Hall–Kier alpha value is -0.980. The maximum Gasteiger partial charge on any atom is 0.256 e. The zero-order chi connectivity index (χ0) is 12.4. The van der Waals surface area contributed by atoms with Gasteiger partial charge in [0, 0.05) is 13.1 Å². The molecule has 0 aliphatic carbocycles. The molecule has 0 aromatic carbocycles. The summed E-state index contributed by atoms with van der Waals surface area (Å²) in [7, 11) is 1.77. The molecule has 2 aliphatic heterocycles. The molecule has 2 heterocycles. The Morgan fingerprint density at radius 3 is 2.94 bits per heavy atom. The predicted octanol–water partition coefficient (Wildman–Crippen LogP) is -1.07. The Balaban J connectivity index is 2.24. The van der Waals surface area contributed by atoms with Gasteiger partial charge in [0.15, 0.2) is 5.78 Å². The van der Waals surface area contributed by atoms with Gasteiger partial charge in [0.2, 0.25) is 0 Å². The summed E-state index contributed by atoms with van der Waals surface area (Å²) in [6, 6.07) is -0.535. The minimum absolute atomic E-state index is 0.00241. The van der Waals surface area contributed by atoms with E-state index >= 15 is 0 Å². The largest absolute Gasteiger partial charge is 0.308 e. The van der Waals surface area contributed by atoms with Gasteiger partial charge in [-0.25, -0.2) is 5.01 Å². The van der Waals surface area contributed by atoms with Crippen LogP contribution in [0.2, 0.25) is 0 Å². The third-order valence-electron chi connectivity index (χ3n) is 3.48. The zero-order valence-corrected chi connectivity index (χ0v) is 10.4. The highest BCUT2D eigenvalue weighted by molar-refractivity contribution is 5.89. The molecular weight excluding hydrogens is 220 g/mol. The lowest BCUT2D eigenvalue weighted by Crippen LogP contribution is -2.60. The van der Waals surface area contributed by atoms with Crippen LogP contribution in [0.3, 0.4) is 0 Å². The molecule has 0 aromatic rings. The number of hydrazine groups is 1. The number of nitrogens with one attached hydrogen (secondary N) is 2. The molecular formula is C11H20N4O2. The number of nitrogens with zero attached hydrogens (tertiary/aromatic N) is 2. The van der Waals surface area contributed by atoms with Gasteiger partial charge in [-0.1, -0.05) is 0 Å². The Kier molecular flexibility index (Phi) is 3.76. The van der Waals surface area contributed by atoms with E-state index in [4.69, 9.17) is 0 Å². The van der Waals surface area contributed by atoms with Crippen LogP contribution < -0.4 is 10.6 Å². The van der Waals surface area contributed by atoms with E-state index in [9.17, 15) is 9.59 Å². The molecule has 1 amide bonds. The summed E-state index contributed by atoms with van der Waals surface area (Å²) in [6.07, 6.45) is 1.73. The van der Waals surface area contributed by atoms with Gasteiger partial charge in [-0.3, -0.25) is 14.6 Å². The lowest BCUT2D eigenvalue weighted by molar-refractivity contribution is -0.166. The Morgan fingerprint density at radius 1 is 1.53 bits per heavy atom. The Labute approximate surface area is 101 Å². The van der Waals surface area contributed by atoms with Gasteiger partial charge < -0.3 is 10.6 Å². The summed E-state index contributed by atoms with van der Waals surface area (Å²) in [5.74, 6) is 0.0669. The van der Waals surface area contributed by atoms with Gasteiger partial charge in [0.05, 0.1) is 6.67 Å². The molecule has 0 unspecified atom stereocenters. The Bertz CT molecular complexity index is 321. The van der Waals surface area contributed by atoms with Crippen molar-refractivity contribution in [1.29, 1.82) is 0 Å². The smallest absolute Gasteiger partial charge is 0.256 e. The van der Waals surface area contributed by atoms with Gasteiger partial charge in [-0.05, 0) is 26.8 Å². The van der Waals surface area contributed by atoms with Crippen molar-refractivity contribution in [1.82, 2.24) is 20.7 Å². The second-order valence-corrected chi connectivity index (χ2v) is 4.64. The van der Waals surface area contributed by atoms with Crippen molar-refractivity contribution in [2.45, 2.75) is 31.8 Å². The summed E-state index contributed by atoms with van der Waals surface area (Å²) < 4.78 is 0. The normalized spacial score (nSPS) is 30.9. The molecule has 0 saturated carbocycles. The first-order chi connectivity index (χ1) is 8.15. The molecule has 17 heavy (non-hydrogen) atoms. The summed E-state index contributed by atoms with van der Waals surface area (Å²) in [5, 5.41) is 9.83. The average Bonchev–Trinajstić information content (AvgIpc) is 2.48. The van der Waals surface area contributed by atoms with Crippen molar-refractivity contribution >= 4 is 11.7 Å². The van der Waals surface area contributed by atoms with Crippen LogP contribution in [-0.2, 0) is 9.59 Å². The first-order valence-electron chi connectivity index (χ1n) is 6.11. The SMILES string of the molecule is CN[C@H]1CNCN2CCC[C@@H](C(C)=O)N2C1=O. The number of carbonyl (C=O) groups excluding carboxylic acids is 2. The summed E-state index contributed by atoms with van der Waals surface area (Å²) in [5.41, 5.74) is 0. The number of hydrogen-bond acceptors (Lipinski definition) is 5. The fourth-order valence-corrected chi connectivity index (χ4v) is 2.53.